The van der Waals surface area contributed by atoms with Crippen molar-refractivity contribution in [1.29, 1.82) is 0 Å². The number of hydrogen-bond acceptors (Lipinski definition) is 2. The van der Waals surface area contributed by atoms with Gasteiger partial charge in [0.15, 0.2) is 0 Å². The van der Waals surface area contributed by atoms with E-state index in [1.165, 1.54) is 0 Å². The van der Waals surface area contributed by atoms with E-state index in [2.05, 4.69) is 12.2 Å². The molecule has 1 saturated carbocycles. The van der Waals surface area contributed by atoms with Crippen LogP contribution in [0.3, 0.4) is 0 Å². The van der Waals surface area contributed by atoms with E-state index in [1.807, 2.05) is 18.7 Å². The third-order valence-electron chi connectivity index (χ3n) is 4.92. The van der Waals surface area contributed by atoms with Crippen LogP contribution in [0.5, 0.6) is 0 Å². The summed E-state index contributed by atoms with van der Waals surface area (Å²) < 4.78 is 0. The van der Waals surface area contributed by atoms with Crippen LogP contribution in [0.1, 0.15) is 65.7 Å². The van der Waals surface area contributed by atoms with Gasteiger partial charge >= 0.3 is 0 Å². The maximum Gasteiger partial charge on any atom is 0.248 e. The van der Waals surface area contributed by atoms with Crippen molar-refractivity contribution >= 4 is 11.8 Å². The second-order valence-corrected chi connectivity index (χ2v) is 6.27. The minimum absolute atomic E-state index is 0.0762. The number of nitrogens with zero attached hydrogens (tertiary/aromatic N) is 1. The number of piperazine rings is 1. The van der Waals surface area contributed by atoms with E-state index >= 15 is 0 Å². The standard InChI is InChI=1S/C16H28N2O2/c1-4-7-8-11-18-13(12-9-10-12)14(19)17-16(5-2,6-3)15(18)20/h12-13H,4-11H2,1-3H3,(H,17,19). The molecule has 20 heavy (non-hydrogen) atoms. The molecule has 2 aliphatic rings. The van der Waals surface area contributed by atoms with Crippen LogP contribution < -0.4 is 5.32 Å². The second-order valence-electron chi connectivity index (χ2n) is 6.27. The molecular formula is C16H28N2O2. The number of unbranched alkanes of at least 4 members (excludes halogenated alkanes) is 2. The summed E-state index contributed by atoms with van der Waals surface area (Å²) in [6.07, 6.45) is 6.78. The largest absolute Gasteiger partial charge is 0.340 e. The van der Waals surface area contributed by atoms with Crippen molar-refractivity contribution in [3.05, 3.63) is 0 Å². The fourth-order valence-corrected chi connectivity index (χ4v) is 3.29. The Labute approximate surface area is 122 Å². The fourth-order valence-electron chi connectivity index (χ4n) is 3.29. The quantitative estimate of drug-likeness (QED) is 0.728. The van der Waals surface area contributed by atoms with Crippen LogP contribution in [0.15, 0.2) is 0 Å². The molecule has 114 valence electrons. The van der Waals surface area contributed by atoms with Gasteiger partial charge in [-0.25, -0.2) is 0 Å². The van der Waals surface area contributed by atoms with Crippen molar-refractivity contribution in [2.24, 2.45) is 5.92 Å². The molecule has 0 radical (unpaired) electrons. The van der Waals surface area contributed by atoms with E-state index in [9.17, 15) is 9.59 Å². The summed E-state index contributed by atoms with van der Waals surface area (Å²) in [7, 11) is 0. The lowest BCUT2D eigenvalue weighted by Gasteiger charge is -2.46. The number of carbonyl (C=O) groups is 2. The van der Waals surface area contributed by atoms with Crippen LogP contribution in [0.2, 0.25) is 0 Å². The molecule has 1 atom stereocenters. The number of rotatable bonds is 7. The zero-order valence-electron chi connectivity index (χ0n) is 13.1. The molecule has 0 aromatic rings. The van der Waals surface area contributed by atoms with E-state index in [-0.39, 0.29) is 17.9 Å². The van der Waals surface area contributed by atoms with Crippen molar-refractivity contribution in [2.75, 3.05) is 6.54 Å². The highest BCUT2D eigenvalue weighted by Crippen LogP contribution is 2.39. The molecule has 0 aromatic heterocycles. The molecule has 0 spiro atoms. The van der Waals surface area contributed by atoms with Crippen molar-refractivity contribution in [3.8, 4) is 0 Å². The maximum atomic E-state index is 12.9. The number of nitrogens with one attached hydrogen (secondary N) is 1. The van der Waals surface area contributed by atoms with Gasteiger partial charge in [-0.1, -0.05) is 33.6 Å². The highest BCUT2D eigenvalue weighted by atomic mass is 16.2. The molecule has 1 heterocycles. The number of hydrogen-bond donors (Lipinski definition) is 1. The van der Waals surface area contributed by atoms with Gasteiger partial charge in [0.2, 0.25) is 11.8 Å². The fraction of sp³-hybridized carbons (Fsp3) is 0.875. The average molecular weight is 280 g/mol. The molecule has 1 saturated heterocycles. The van der Waals surface area contributed by atoms with E-state index in [1.54, 1.807) is 0 Å². The zero-order chi connectivity index (χ0) is 14.8. The second kappa shape index (κ2) is 6.15. The molecule has 2 fully saturated rings. The first-order valence-corrected chi connectivity index (χ1v) is 8.22. The average Bonchev–Trinajstić information content (AvgIpc) is 3.27. The van der Waals surface area contributed by atoms with Gasteiger partial charge in [0.05, 0.1) is 0 Å². The Morgan fingerprint density at radius 3 is 2.30 bits per heavy atom. The Hall–Kier alpha value is -1.06. The molecule has 0 aromatic carbocycles. The first-order valence-electron chi connectivity index (χ1n) is 8.22. The van der Waals surface area contributed by atoms with Gasteiger partial charge in [-0.3, -0.25) is 9.59 Å². The molecule has 1 aliphatic heterocycles. The van der Waals surface area contributed by atoms with Gasteiger partial charge in [0, 0.05) is 6.54 Å². The highest BCUT2D eigenvalue weighted by molar-refractivity contribution is 6.00. The Morgan fingerprint density at radius 2 is 1.80 bits per heavy atom. The maximum absolute atomic E-state index is 12.9. The molecule has 4 heteroatoms. The van der Waals surface area contributed by atoms with Gasteiger partial charge in [-0.05, 0) is 38.0 Å². The summed E-state index contributed by atoms with van der Waals surface area (Å²) in [6, 6.07) is -0.203. The van der Waals surface area contributed by atoms with Crippen LogP contribution in [-0.2, 0) is 9.59 Å². The van der Waals surface area contributed by atoms with Crippen molar-refractivity contribution in [3.63, 3.8) is 0 Å². The van der Waals surface area contributed by atoms with Gasteiger partial charge in [-0.2, -0.15) is 0 Å². The smallest absolute Gasteiger partial charge is 0.248 e. The summed E-state index contributed by atoms with van der Waals surface area (Å²) in [5.41, 5.74) is -0.658. The van der Waals surface area contributed by atoms with Crippen LogP contribution in [-0.4, -0.2) is 34.8 Å². The van der Waals surface area contributed by atoms with Gasteiger partial charge < -0.3 is 10.2 Å². The monoisotopic (exact) mass is 280 g/mol. The van der Waals surface area contributed by atoms with Crippen molar-refractivity contribution in [2.45, 2.75) is 77.3 Å². The highest BCUT2D eigenvalue weighted by Gasteiger charge is 2.52. The Balaban J connectivity index is 2.19. The minimum atomic E-state index is -0.658. The SMILES string of the molecule is CCCCCN1C(=O)C(CC)(CC)NC(=O)C1C1CC1. The number of amides is 2. The molecular weight excluding hydrogens is 252 g/mol. The Kier molecular flexibility index (Phi) is 4.71. The summed E-state index contributed by atoms with van der Waals surface area (Å²) >= 11 is 0. The lowest BCUT2D eigenvalue weighted by molar-refractivity contribution is -0.156. The van der Waals surface area contributed by atoms with Crippen molar-refractivity contribution < 1.29 is 9.59 Å². The Morgan fingerprint density at radius 1 is 1.15 bits per heavy atom. The molecule has 2 amide bonds. The lowest BCUT2D eigenvalue weighted by Crippen LogP contribution is -2.70. The molecule has 2 rings (SSSR count). The lowest BCUT2D eigenvalue weighted by atomic mass is 9.86. The Bertz CT molecular complexity index is 373. The first kappa shape index (κ1) is 15.3. The van der Waals surface area contributed by atoms with E-state index in [0.29, 0.717) is 18.8 Å². The van der Waals surface area contributed by atoms with Crippen LogP contribution in [0.4, 0.5) is 0 Å². The third-order valence-corrected chi connectivity index (χ3v) is 4.92. The predicted octanol–water partition coefficient (Wildman–Crippen LogP) is 2.47. The minimum Gasteiger partial charge on any atom is -0.340 e. The van der Waals surface area contributed by atoms with Crippen molar-refractivity contribution in [1.82, 2.24) is 10.2 Å². The van der Waals surface area contributed by atoms with Gasteiger partial charge in [-0.15, -0.1) is 0 Å². The molecule has 1 unspecified atom stereocenters. The predicted molar refractivity (Wildman–Crippen MR) is 79.2 cm³/mol. The molecule has 1 aliphatic carbocycles. The third kappa shape index (κ3) is 2.70. The topological polar surface area (TPSA) is 49.4 Å². The summed E-state index contributed by atoms with van der Waals surface area (Å²) in [5, 5.41) is 3.04. The zero-order valence-corrected chi connectivity index (χ0v) is 13.1. The van der Waals surface area contributed by atoms with E-state index < -0.39 is 5.54 Å². The molecule has 1 N–H and O–H groups in total. The summed E-state index contributed by atoms with van der Waals surface area (Å²) in [6.45, 7) is 6.88. The van der Waals surface area contributed by atoms with Crippen LogP contribution in [0, 0.1) is 5.92 Å². The number of carbonyl (C=O) groups excluding carboxylic acids is 2. The summed E-state index contributed by atoms with van der Waals surface area (Å²) in [4.78, 5) is 27.3. The molecule has 0 bridgehead atoms. The van der Waals surface area contributed by atoms with E-state index in [0.717, 1.165) is 38.6 Å². The summed E-state index contributed by atoms with van der Waals surface area (Å²) in [5.74, 6) is 0.620. The van der Waals surface area contributed by atoms with Crippen LogP contribution in [0.25, 0.3) is 0 Å². The van der Waals surface area contributed by atoms with Gasteiger partial charge in [0.25, 0.3) is 0 Å². The van der Waals surface area contributed by atoms with E-state index in [4.69, 9.17) is 0 Å². The first-order chi connectivity index (χ1) is 9.59. The normalized spacial score (nSPS) is 25.8. The van der Waals surface area contributed by atoms with Crippen LogP contribution >= 0.6 is 0 Å². The molecule has 4 nitrogen and oxygen atoms in total. The van der Waals surface area contributed by atoms with Gasteiger partial charge in [0.1, 0.15) is 11.6 Å².